The van der Waals surface area contributed by atoms with Gasteiger partial charge in [0.25, 0.3) is 0 Å². The number of carboxylic acids is 13. The lowest BCUT2D eigenvalue weighted by atomic mass is 9.96. The first-order chi connectivity index (χ1) is 64.5. The number of carbonyl (C=O) groups excluding carboxylic acids is 1. The van der Waals surface area contributed by atoms with E-state index in [2.05, 4.69) is 42.0 Å². The summed E-state index contributed by atoms with van der Waals surface area (Å²) in [5.74, 6) is -12.3. The highest BCUT2D eigenvalue weighted by Crippen LogP contribution is 2.20. The second-order valence-corrected chi connectivity index (χ2v) is 30.2. The lowest BCUT2D eigenvalue weighted by Gasteiger charge is -2.22. The topological polar surface area (TPSA) is 901 Å². The fraction of sp³-hybridized carbons (Fsp3) is 0.356. The minimum absolute atomic E-state index is 0.0213. The van der Waals surface area contributed by atoms with E-state index in [0.717, 1.165) is 76.9 Å². The highest BCUT2D eigenvalue weighted by Gasteiger charge is 2.24. The van der Waals surface area contributed by atoms with Gasteiger partial charge in [0.15, 0.2) is 0 Å². The number of nitrogens with one attached hydrogen (secondary N) is 4. The van der Waals surface area contributed by atoms with Crippen molar-refractivity contribution in [2.75, 3.05) is 32.7 Å². The summed E-state index contributed by atoms with van der Waals surface area (Å²) >= 11 is 5.66. The molecule has 0 saturated carbocycles. The average Bonchev–Trinajstić information content (AvgIpc) is 1.70. The second kappa shape index (κ2) is 72.1. The molecule has 1 saturated heterocycles. The Labute approximate surface area is 793 Å². The number of imidazole rings is 2. The zero-order valence-electron chi connectivity index (χ0n) is 75.5. The number of benzene rings is 6. The van der Waals surface area contributed by atoms with Crippen molar-refractivity contribution in [2.45, 2.75) is 159 Å². The molecule has 0 unspecified atom stereocenters. The van der Waals surface area contributed by atoms with E-state index in [0.29, 0.717) is 67.4 Å². The molecule has 6 aromatic carbocycles. The molecule has 1 amide bonds. The molecule has 46 nitrogen and oxygen atoms in total. The number of aliphatic carboxylic acids is 12. The van der Waals surface area contributed by atoms with E-state index >= 15 is 0 Å². The molecule has 0 spiro atoms. The van der Waals surface area contributed by atoms with Crippen molar-refractivity contribution in [3.63, 3.8) is 0 Å². The zero-order valence-corrected chi connectivity index (χ0v) is 76.2. The highest BCUT2D eigenvalue weighted by atomic mass is 35.5. The molecule has 47 heteroatoms. The maximum absolute atomic E-state index is 10.7. The number of fused-ring (bicyclic) bond motifs is 2. The van der Waals surface area contributed by atoms with Crippen molar-refractivity contribution in [3.05, 3.63) is 250 Å². The Balaban J connectivity index is 0. The van der Waals surface area contributed by atoms with Gasteiger partial charge in [0, 0.05) is 92.1 Å². The lowest BCUT2D eigenvalue weighted by molar-refractivity contribution is -0.143. The first-order valence-electron chi connectivity index (χ1n) is 41.8. The quantitative estimate of drug-likeness (QED) is 0.0285. The van der Waals surface area contributed by atoms with E-state index in [9.17, 15) is 67.1 Å². The molecule has 0 aliphatic carbocycles. The predicted molar refractivity (Wildman–Crippen MR) is 506 cm³/mol. The number of carboxylic acid groups (broad SMARTS) is 13. The van der Waals surface area contributed by atoms with Gasteiger partial charge in [0.2, 0.25) is 5.91 Å². The molecule has 2 aliphatic heterocycles. The number of piperidine rings is 1. The van der Waals surface area contributed by atoms with Crippen molar-refractivity contribution in [2.24, 2.45) is 80.6 Å². The van der Waals surface area contributed by atoms with E-state index in [1.165, 1.54) is 17.5 Å². The van der Waals surface area contributed by atoms with Crippen LogP contribution in [0.1, 0.15) is 113 Å². The summed E-state index contributed by atoms with van der Waals surface area (Å²) in [6, 6.07) is 42.2. The number of aromatic amines is 2. The minimum Gasteiger partial charge on any atom is -0.481 e. The van der Waals surface area contributed by atoms with Gasteiger partial charge in [-0.3, -0.25) is 62.3 Å². The van der Waals surface area contributed by atoms with Crippen molar-refractivity contribution >= 4 is 106 Å². The number of rotatable bonds is 32. The number of nitrogens with zero attached hydrogens (tertiary/aromatic N) is 3. The number of hydrogen-bond acceptors (Lipinski definition) is 29. The average molecular weight is 1940 g/mol. The van der Waals surface area contributed by atoms with Crippen LogP contribution < -0.4 is 79.4 Å². The van der Waals surface area contributed by atoms with E-state index in [4.69, 9.17) is 135 Å². The molecule has 11 rings (SSSR count). The van der Waals surface area contributed by atoms with Crippen LogP contribution in [0, 0.1) is 11.8 Å². The molecule has 2 aliphatic rings. The van der Waals surface area contributed by atoms with Gasteiger partial charge in [-0.1, -0.05) is 153 Å². The van der Waals surface area contributed by atoms with E-state index < -0.39 is 132 Å². The van der Waals surface area contributed by atoms with Gasteiger partial charge in [0.1, 0.15) is 48.3 Å². The standard InChI is InChI=1S/C13H15N3O2.C11H12N2O2.C10H11NO2.C9H10ClNO2.C9H11NO2.C8H9NO2.C6H9N3O2.C6H11NO2.C6H13NO2.C5H10N2O3.C3H7NO2.2C2H5NO2/c14-12(13(17)18)6-11-8-16(9-15-11)7-10-4-2-1-3-5-10;12-9(11(14)15)5-7-6-13-10-4-2-1-3-8(7)10;12-10(13)9-5-7-3-1-2-4-8(7)6-11-9;10-7-3-1-6(2-4-7)5-8(11)9(12)13;10-8(9(11)12)6-7-4-2-1-3-5-7;9-5-6-1-3-7(4-2-6)8(10)11;7-5(6(10)11)1-4-2-8-3-9-4;8-6(9)5-1-3-7-4-2-5;1-4(2)3-5(7)6(8)9;6-3(5(9)10)1-2-4(7)8;4-2-1-3(5)6;2*3-1-2(4)5/h1-5,8-9,12H,6-7,14H2,(H,17,18);1-4,6,9,13H,5,12H2,(H,14,15);1-4,9,11H,5-6H2,(H,12,13);1-4,8H,5,11H2,(H,12,13);1-5,8H,6,10H2,(H,11,12);1-4H,5,9H2,(H,10,11);2-3,5H,1,7H2,(H,8,9)(H,10,11);5,7H,1-4H2,(H,8,9);4-5H,3,7H2,1-2H3,(H,8,9);3H,1-2,6H2,(H2,7,8)(H,9,10);1-2,4H2,(H,5,6);2*1,3H2,(H,4,5)/t12-;2*9-;2*8-;;5-;;5-;3-;;;/m00010.0.00.../s1. The normalized spacial score (nSPS) is 13.2. The fourth-order valence-electron chi connectivity index (χ4n) is 10.6. The minimum atomic E-state index is -1.11. The summed E-state index contributed by atoms with van der Waals surface area (Å²) in [7, 11) is 0. The number of carbonyl (C=O) groups is 14. The molecule has 0 radical (unpaired) electrons. The van der Waals surface area contributed by atoms with Crippen LogP contribution in [0.4, 0.5) is 0 Å². The summed E-state index contributed by atoms with van der Waals surface area (Å²) in [6.45, 7) is 7.11. The van der Waals surface area contributed by atoms with Gasteiger partial charge in [-0.25, -0.2) is 14.8 Å². The number of aromatic carboxylic acids is 1. The molecule has 8 atom stereocenters. The number of primary amides is 1. The summed E-state index contributed by atoms with van der Waals surface area (Å²) in [5, 5.41) is 116. The zero-order chi connectivity index (χ0) is 104. The number of hydrogen-bond donors (Lipinski definition) is 29. The van der Waals surface area contributed by atoms with Crippen LogP contribution in [0.15, 0.2) is 189 Å². The largest absolute Gasteiger partial charge is 0.481 e. The number of amides is 1. The second-order valence-electron chi connectivity index (χ2n) is 29.8. The van der Waals surface area contributed by atoms with Crippen molar-refractivity contribution < 1.29 is 134 Å². The lowest BCUT2D eigenvalue weighted by Crippen LogP contribution is -2.41. The van der Waals surface area contributed by atoms with E-state index in [1.807, 2.05) is 140 Å². The smallest absolute Gasteiger partial charge is 0.335 e. The molecule has 0 bridgehead atoms. The van der Waals surface area contributed by atoms with Crippen molar-refractivity contribution in [1.29, 1.82) is 0 Å². The Hall–Kier alpha value is -14.4. The summed E-state index contributed by atoms with van der Waals surface area (Å²) in [5.41, 5.74) is 71.2. The number of halogens is 1. The first kappa shape index (κ1) is 125. The molecular formula is C90H128ClN19O27. The number of H-pyrrole nitrogens is 2. The molecule has 1 fully saturated rings. The van der Waals surface area contributed by atoms with Crippen molar-refractivity contribution in [3.8, 4) is 0 Å². The van der Waals surface area contributed by atoms with Gasteiger partial charge in [-0.15, -0.1) is 0 Å². The van der Waals surface area contributed by atoms with Crippen LogP contribution in [0.25, 0.3) is 10.9 Å². The third-order valence-corrected chi connectivity index (χ3v) is 18.2. The van der Waals surface area contributed by atoms with Gasteiger partial charge in [-0.05, 0) is 133 Å². The molecule has 3 aromatic heterocycles. The van der Waals surface area contributed by atoms with E-state index in [-0.39, 0.29) is 57.7 Å². The molecule has 137 heavy (non-hydrogen) atoms. The Kier molecular flexibility index (Phi) is 65.7. The Morgan fingerprint density at radius 1 is 0.474 bits per heavy atom. The van der Waals surface area contributed by atoms with E-state index in [1.54, 1.807) is 61.1 Å². The molecule has 41 N–H and O–H groups in total. The summed E-state index contributed by atoms with van der Waals surface area (Å²) in [4.78, 5) is 156. The Morgan fingerprint density at radius 3 is 1.33 bits per heavy atom. The van der Waals surface area contributed by atoms with Crippen LogP contribution in [0.3, 0.4) is 0 Å². The summed E-state index contributed by atoms with van der Waals surface area (Å²) in [6.07, 6.45) is 12.9. The van der Waals surface area contributed by atoms with Crippen LogP contribution in [-0.2, 0) is 120 Å². The van der Waals surface area contributed by atoms with Crippen molar-refractivity contribution in [1.82, 2.24) is 35.1 Å². The predicted octanol–water partition coefficient (Wildman–Crippen LogP) is 1.59. The van der Waals surface area contributed by atoms with Crippen LogP contribution in [0.2, 0.25) is 5.02 Å². The number of aromatic nitrogens is 5. The fourth-order valence-corrected chi connectivity index (χ4v) is 10.7. The number of para-hydroxylation sites is 1. The summed E-state index contributed by atoms with van der Waals surface area (Å²) < 4.78 is 1.92. The van der Waals surface area contributed by atoms with Gasteiger partial charge < -0.3 is 160 Å². The molecule has 752 valence electrons. The first-order valence-corrected chi connectivity index (χ1v) is 42.2. The van der Waals surface area contributed by atoms with Crippen LogP contribution in [0.5, 0.6) is 0 Å². The highest BCUT2D eigenvalue weighted by molar-refractivity contribution is 6.30. The SMILES string of the molecule is CC(C)C[C@H](N)C(=O)O.NC(=O)CC[C@H](N)C(=O)O.NCC(=O)O.NCC(=O)O.NCCC(=O)O.NCc1ccc(C(=O)O)cc1.N[C@@H](Cc1c[nH]c2ccccc12)C(=O)O.N[C@@H](Cc1ccccc1)C(=O)O.N[C@@H](Cc1cn(Cc2ccccc2)cn1)C(=O)O.N[C@@H](Cc1cnc[nH]1)C(=O)O.N[C@H](Cc1ccc(Cl)cc1)C(=O)O.O=C(O)C1CCNCC1.O=C(O)[C@@H]1Cc2ccccc2CN1. The Morgan fingerprint density at radius 2 is 0.920 bits per heavy atom. The van der Waals surface area contributed by atoms with Gasteiger partial charge in [0.05, 0.1) is 49.3 Å². The monoisotopic (exact) mass is 1940 g/mol. The van der Waals surface area contributed by atoms with Gasteiger partial charge >= 0.3 is 77.6 Å². The Bertz CT molecular complexity index is 5020. The molecule has 9 aromatic rings. The maximum Gasteiger partial charge on any atom is 0.335 e. The molecular weight excluding hydrogens is 1810 g/mol. The van der Waals surface area contributed by atoms with Gasteiger partial charge in [-0.2, -0.15) is 0 Å². The number of nitrogens with two attached hydrogens (primary N) is 12. The third-order valence-electron chi connectivity index (χ3n) is 18.0. The maximum atomic E-state index is 10.7. The van der Waals surface area contributed by atoms with Crippen LogP contribution in [-0.4, -0.2) is 255 Å². The third kappa shape index (κ3) is 61.9. The molecule has 5 heterocycles. The van der Waals surface area contributed by atoms with Crippen LogP contribution >= 0.6 is 11.6 Å².